The number of amidine groups is 2. The van der Waals surface area contributed by atoms with Crippen molar-refractivity contribution in [2.24, 2.45) is 9.98 Å². The van der Waals surface area contributed by atoms with E-state index in [4.69, 9.17) is 16.6 Å². The third-order valence-corrected chi connectivity index (χ3v) is 6.72. The van der Waals surface area contributed by atoms with Gasteiger partial charge >= 0.3 is 0 Å². The lowest BCUT2D eigenvalue weighted by Gasteiger charge is -2.27. The van der Waals surface area contributed by atoms with Crippen LogP contribution in [0.1, 0.15) is 11.1 Å². The number of halogens is 1. The summed E-state index contributed by atoms with van der Waals surface area (Å²) in [6.45, 7) is 1.51. The van der Waals surface area contributed by atoms with E-state index in [9.17, 15) is 0 Å². The maximum atomic E-state index is 6.37. The summed E-state index contributed by atoms with van der Waals surface area (Å²) in [4.78, 5) is 11.7. The first-order valence-electron chi connectivity index (χ1n) is 8.29. The molecule has 2 aromatic rings. The second kappa shape index (κ2) is 6.68. The van der Waals surface area contributed by atoms with Crippen LogP contribution in [0.2, 0.25) is 5.02 Å². The lowest BCUT2D eigenvalue weighted by molar-refractivity contribution is 0.519. The first-order valence-corrected chi connectivity index (χ1v) is 10.5. The highest BCUT2D eigenvalue weighted by Gasteiger charge is 2.29. The zero-order valence-corrected chi connectivity index (χ0v) is 16.2. The van der Waals surface area contributed by atoms with Crippen molar-refractivity contribution >= 4 is 56.8 Å². The topological polar surface area (TPSA) is 40.0 Å². The molecule has 0 bridgehead atoms. The maximum absolute atomic E-state index is 6.37. The van der Waals surface area contributed by atoms with Crippen LogP contribution in [0, 0.1) is 0 Å². The van der Waals surface area contributed by atoms with Gasteiger partial charge in [0, 0.05) is 27.7 Å². The molecule has 3 aliphatic rings. The van der Waals surface area contributed by atoms with Crippen LogP contribution in [0.25, 0.3) is 0 Å². The molecule has 5 rings (SSSR count). The van der Waals surface area contributed by atoms with Crippen molar-refractivity contribution in [3.8, 4) is 0 Å². The molecule has 0 aliphatic carbocycles. The van der Waals surface area contributed by atoms with Crippen molar-refractivity contribution in [1.29, 1.82) is 0 Å². The molecule has 0 saturated heterocycles. The van der Waals surface area contributed by atoms with Crippen molar-refractivity contribution < 1.29 is 0 Å². The van der Waals surface area contributed by atoms with Gasteiger partial charge in [0.25, 0.3) is 0 Å². The number of benzene rings is 2. The second-order valence-electron chi connectivity index (χ2n) is 6.14. The van der Waals surface area contributed by atoms with Gasteiger partial charge in [-0.1, -0.05) is 59.4 Å². The number of para-hydroxylation sites is 1. The number of fused-ring (bicyclic) bond motifs is 3. The molecule has 26 heavy (non-hydrogen) atoms. The molecule has 0 spiro atoms. The number of anilines is 1. The Morgan fingerprint density at radius 2 is 2.12 bits per heavy atom. The fourth-order valence-corrected chi connectivity index (χ4v) is 5.23. The quantitative estimate of drug-likeness (QED) is 0.730. The van der Waals surface area contributed by atoms with Crippen LogP contribution in [0.15, 0.2) is 63.6 Å². The Bertz CT molecular complexity index is 983. The van der Waals surface area contributed by atoms with E-state index in [1.807, 2.05) is 24.3 Å². The highest BCUT2D eigenvalue weighted by molar-refractivity contribution is 8.17. The highest BCUT2D eigenvalue weighted by atomic mass is 35.5. The van der Waals surface area contributed by atoms with E-state index in [2.05, 4.69) is 38.8 Å². The predicted molar refractivity (Wildman–Crippen MR) is 113 cm³/mol. The fourth-order valence-electron chi connectivity index (χ4n) is 3.12. The minimum atomic E-state index is 0.735. The molecule has 0 radical (unpaired) electrons. The van der Waals surface area contributed by atoms with Crippen LogP contribution in [0.5, 0.6) is 0 Å². The summed E-state index contributed by atoms with van der Waals surface area (Å²) in [5.74, 6) is 0.847. The highest BCUT2D eigenvalue weighted by Crippen LogP contribution is 2.40. The standard InChI is InChI=1S/C19H15ClN4S2/c20-15-5-3-7-17-14(15)9-24-13(11-26-19(24)23-17)10-25-18-21-8-12-4-1-2-6-16(12)22-18/h1-7,11H,8-10H2,(H,21,22). The van der Waals surface area contributed by atoms with Crippen molar-refractivity contribution in [1.82, 2.24) is 4.90 Å². The van der Waals surface area contributed by atoms with Crippen LogP contribution in [-0.2, 0) is 13.1 Å². The Morgan fingerprint density at radius 1 is 1.19 bits per heavy atom. The monoisotopic (exact) mass is 398 g/mol. The minimum Gasteiger partial charge on any atom is -0.335 e. The summed E-state index contributed by atoms with van der Waals surface area (Å²) in [5.41, 5.74) is 5.71. The molecule has 0 fully saturated rings. The molecule has 0 aromatic heterocycles. The molecule has 3 heterocycles. The summed E-state index contributed by atoms with van der Waals surface area (Å²) in [5, 5.41) is 8.39. The van der Waals surface area contributed by atoms with Gasteiger partial charge in [0.15, 0.2) is 10.3 Å². The molecule has 4 nitrogen and oxygen atoms in total. The third kappa shape index (κ3) is 2.92. The van der Waals surface area contributed by atoms with Gasteiger partial charge in [0.2, 0.25) is 0 Å². The van der Waals surface area contributed by atoms with Crippen LogP contribution in [-0.4, -0.2) is 21.0 Å². The normalized spacial score (nSPS) is 17.4. The molecule has 0 unspecified atom stereocenters. The lowest BCUT2D eigenvalue weighted by Crippen LogP contribution is -2.28. The van der Waals surface area contributed by atoms with Crippen LogP contribution in [0.3, 0.4) is 0 Å². The van der Waals surface area contributed by atoms with Crippen molar-refractivity contribution in [2.45, 2.75) is 13.1 Å². The van der Waals surface area contributed by atoms with Crippen molar-refractivity contribution in [3.05, 3.63) is 69.7 Å². The average Bonchev–Trinajstić information content (AvgIpc) is 3.07. The predicted octanol–water partition coefficient (Wildman–Crippen LogP) is 5.45. The van der Waals surface area contributed by atoms with Crippen LogP contribution < -0.4 is 5.32 Å². The first kappa shape index (κ1) is 16.3. The number of hydrogen-bond acceptors (Lipinski definition) is 6. The van der Waals surface area contributed by atoms with Gasteiger partial charge in [-0.3, -0.25) is 4.99 Å². The van der Waals surface area contributed by atoms with Crippen molar-refractivity contribution in [2.75, 3.05) is 11.1 Å². The minimum absolute atomic E-state index is 0.735. The largest absolute Gasteiger partial charge is 0.335 e. The molecule has 0 saturated carbocycles. The zero-order chi connectivity index (χ0) is 17.5. The Hall–Kier alpha value is -1.89. The molecular formula is C19H15ClN4S2. The number of aliphatic imine (C=N–C) groups is 2. The Kier molecular flexibility index (Phi) is 4.19. The molecule has 7 heteroatoms. The number of hydrogen-bond donors (Lipinski definition) is 1. The van der Waals surface area contributed by atoms with E-state index < -0.39 is 0 Å². The van der Waals surface area contributed by atoms with E-state index in [0.717, 1.165) is 51.1 Å². The number of nitrogens with one attached hydrogen (secondary N) is 1. The Labute approximate surface area is 165 Å². The fraction of sp³-hybridized carbons (Fsp3) is 0.158. The molecule has 130 valence electrons. The summed E-state index contributed by atoms with van der Waals surface area (Å²) < 4.78 is 0. The van der Waals surface area contributed by atoms with Gasteiger partial charge in [-0.25, -0.2) is 4.99 Å². The number of rotatable bonds is 2. The van der Waals surface area contributed by atoms with Crippen molar-refractivity contribution in [3.63, 3.8) is 0 Å². The average molecular weight is 399 g/mol. The van der Waals surface area contributed by atoms with Gasteiger partial charge in [0.1, 0.15) is 0 Å². The lowest BCUT2D eigenvalue weighted by atomic mass is 10.1. The summed E-state index contributed by atoms with van der Waals surface area (Å²) in [6.07, 6.45) is 0. The van der Waals surface area contributed by atoms with E-state index in [-0.39, 0.29) is 0 Å². The van der Waals surface area contributed by atoms with E-state index in [1.54, 1.807) is 23.5 Å². The molecule has 3 aliphatic heterocycles. The van der Waals surface area contributed by atoms with Crippen LogP contribution >= 0.6 is 35.1 Å². The summed E-state index contributed by atoms with van der Waals surface area (Å²) >= 11 is 9.77. The van der Waals surface area contributed by atoms with E-state index in [0.29, 0.717) is 0 Å². The van der Waals surface area contributed by atoms with Gasteiger partial charge < -0.3 is 10.2 Å². The van der Waals surface area contributed by atoms with Gasteiger partial charge in [-0.15, -0.1) is 0 Å². The summed E-state index contributed by atoms with van der Waals surface area (Å²) in [7, 11) is 0. The molecule has 0 amide bonds. The van der Waals surface area contributed by atoms with Gasteiger partial charge in [-0.2, -0.15) is 0 Å². The van der Waals surface area contributed by atoms with E-state index in [1.165, 1.54) is 11.3 Å². The number of nitrogens with zero attached hydrogens (tertiary/aromatic N) is 3. The first-order chi connectivity index (χ1) is 12.8. The Balaban J connectivity index is 1.29. The third-order valence-electron chi connectivity index (χ3n) is 4.51. The van der Waals surface area contributed by atoms with Gasteiger partial charge in [0.05, 0.1) is 18.8 Å². The Morgan fingerprint density at radius 3 is 3.08 bits per heavy atom. The summed E-state index contributed by atoms with van der Waals surface area (Å²) in [6, 6.07) is 14.2. The molecule has 1 N–H and O–H groups in total. The smallest absolute Gasteiger partial charge is 0.173 e. The zero-order valence-electron chi connectivity index (χ0n) is 13.8. The molecular weight excluding hydrogens is 384 g/mol. The maximum Gasteiger partial charge on any atom is 0.173 e. The van der Waals surface area contributed by atoms with E-state index >= 15 is 0 Å². The SMILES string of the molecule is Clc1cccc2c1CN1C(CSC3=NCc4ccccc4N3)=CSC1=N2. The second-order valence-corrected chi connectivity index (χ2v) is 8.35. The molecule has 0 atom stereocenters. The van der Waals surface area contributed by atoms with Crippen LogP contribution in [0.4, 0.5) is 11.4 Å². The van der Waals surface area contributed by atoms with Gasteiger partial charge in [-0.05, 0) is 29.2 Å². The molecule has 2 aromatic carbocycles. The number of thioether (sulfide) groups is 2.